The van der Waals surface area contributed by atoms with Gasteiger partial charge in [-0.25, -0.2) is 0 Å². The van der Waals surface area contributed by atoms with Crippen LogP contribution in [0.5, 0.6) is 0 Å². The smallest absolute Gasteiger partial charge is 0.264 e. The molecular weight excluding hydrogens is 358 g/mol. The van der Waals surface area contributed by atoms with Gasteiger partial charge in [-0.15, -0.1) is 0 Å². The van der Waals surface area contributed by atoms with E-state index in [1.807, 2.05) is 55.5 Å². The zero-order valence-corrected chi connectivity index (χ0v) is 15.9. The zero-order valence-electron chi connectivity index (χ0n) is 15.1. The standard InChI is InChI=1S/C21H19N3O2S/c1-14-8-10-15(11-9-14)12-18-20(26)24(16-6-4-3-5-7-16)21(27-18)17(13-22)19(25)23-2/h3-11,18H,12H2,1-2H3,(H,23,25)/b21-17-/t18-/m0/s1. The molecule has 5 nitrogen and oxygen atoms in total. The van der Waals surface area contributed by atoms with Gasteiger partial charge in [0.15, 0.2) is 0 Å². The van der Waals surface area contributed by atoms with Crippen LogP contribution in [0.25, 0.3) is 0 Å². The molecule has 1 fully saturated rings. The fourth-order valence-electron chi connectivity index (χ4n) is 2.86. The summed E-state index contributed by atoms with van der Waals surface area (Å²) in [5.41, 5.74) is 2.79. The number of nitrogens with one attached hydrogen (secondary N) is 1. The van der Waals surface area contributed by atoms with Crippen LogP contribution in [0.3, 0.4) is 0 Å². The number of carbonyl (C=O) groups is 2. The molecule has 1 atom stereocenters. The van der Waals surface area contributed by atoms with Gasteiger partial charge >= 0.3 is 0 Å². The molecule has 0 aromatic heterocycles. The van der Waals surface area contributed by atoms with Crippen LogP contribution in [0.1, 0.15) is 11.1 Å². The number of anilines is 1. The molecule has 1 N–H and O–H groups in total. The molecule has 6 heteroatoms. The first-order valence-electron chi connectivity index (χ1n) is 8.53. The molecule has 1 aliphatic heterocycles. The SMILES string of the molecule is CNC(=O)/C(C#N)=C1\S[C@@H](Cc2ccc(C)cc2)C(=O)N1c1ccccc1. The molecule has 0 unspecified atom stereocenters. The third-order valence-corrected chi connectivity index (χ3v) is 5.55. The van der Waals surface area contributed by atoms with Crippen molar-refractivity contribution in [3.63, 3.8) is 0 Å². The van der Waals surface area contributed by atoms with Gasteiger partial charge in [0, 0.05) is 12.7 Å². The second-order valence-corrected chi connectivity index (χ2v) is 7.37. The average Bonchev–Trinajstić information content (AvgIpc) is 3.00. The highest BCUT2D eigenvalue weighted by atomic mass is 32.2. The highest BCUT2D eigenvalue weighted by molar-refractivity contribution is 8.05. The van der Waals surface area contributed by atoms with Crippen molar-refractivity contribution in [1.29, 1.82) is 5.26 Å². The summed E-state index contributed by atoms with van der Waals surface area (Å²) in [7, 11) is 1.47. The van der Waals surface area contributed by atoms with E-state index in [0.717, 1.165) is 11.1 Å². The van der Waals surface area contributed by atoms with Crippen LogP contribution >= 0.6 is 11.8 Å². The lowest BCUT2D eigenvalue weighted by atomic mass is 10.1. The molecular formula is C21H19N3O2S. The van der Waals surface area contributed by atoms with Gasteiger partial charge in [0.1, 0.15) is 16.7 Å². The lowest BCUT2D eigenvalue weighted by molar-refractivity contribution is -0.117. The Morgan fingerprint density at radius 3 is 2.44 bits per heavy atom. The molecule has 2 aromatic rings. The number of hydrogen-bond donors (Lipinski definition) is 1. The number of amides is 2. The molecule has 136 valence electrons. The molecule has 27 heavy (non-hydrogen) atoms. The summed E-state index contributed by atoms with van der Waals surface area (Å²) in [4.78, 5) is 26.8. The summed E-state index contributed by atoms with van der Waals surface area (Å²) in [6, 6.07) is 19.1. The van der Waals surface area contributed by atoms with Crippen LogP contribution in [0.4, 0.5) is 5.69 Å². The third kappa shape index (κ3) is 3.88. The number of thioether (sulfide) groups is 1. The maximum atomic E-state index is 13.1. The number of carbonyl (C=O) groups excluding carboxylic acids is 2. The van der Waals surface area contributed by atoms with E-state index < -0.39 is 11.2 Å². The number of likely N-dealkylation sites (N-methyl/N-ethyl adjacent to an activating group) is 1. The first-order chi connectivity index (χ1) is 13.0. The number of hydrogen-bond acceptors (Lipinski definition) is 4. The topological polar surface area (TPSA) is 73.2 Å². The van der Waals surface area contributed by atoms with Gasteiger partial charge in [-0.05, 0) is 31.0 Å². The van der Waals surface area contributed by atoms with Gasteiger partial charge < -0.3 is 5.32 Å². The Morgan fingerprint density at radius 2 is 1.85 bits per heavy atom. The largest absolute Gasteiger partial charge is 0.354 e. The van der Waals surface area contributed by atoms with E-state index in [4.69, 9.17) is 0 Å². The molecule has 2 amide bonds. The van der Waals surface area contributed by atoms with Crippen LogP contribution in [-0.2, 0) is 16.0 Å². The van der Waals surface area contributed by atoms with Crippen LogP contribution in [-0.4, -0.2) is 24.1 Å². The molecule has 0 saturated carbocycles. The van der Waals surface area contributed by atoms with E-state index >= 15 is 0 Å². The Kier molecular flexibility index (Phi) is 5.63. The van der Waals surface area contributed by atoms with E-state index in [1.165, 1.54) is 23.7 Å². The van der Waals surface area contributed by atoms with Crippen molar-refractivity contribution in [2.24, 2.45) is 0 Å². The first-order valence-corrected chi connectivity index (χ1v) is 9.40. The lowest BCUT2D eigenvalue weighted by Crippen LogP contribution is -2.31. The van der Waals surface area contributed by atoms with E-state index in [-0.39, 0.29) is 11.5 Å². The summed E-state index contributed by atoms with van der Waals surface area (Å²) in [6.07, 6.45) is 0.531. The number of rotatable bonds is 4. The zero-order chi connectivity index (χ0) is 19.4. The summed E-state index contributed by atoms with van der Waals surface area (Å²) >= 11 is 1.27. The fraction of sp³-hybridized carbons (Fsp3) is 0.190. The quantitative estimate of drug-likeness (QED) is 0.656. The summed E-state index contributed by atoms with van der Waals surface area (Å²) in [5, 5.41) is 12.0. The van der Waals surface area contributed by atoms with Gasteiger partial charge in [0.2, 0.25) is 5.91 Å². The van der Waals surface area contributed by atoms with Gasteiger partial charge in [0.05, 0.1) is 5.25 Å². The van der Waals surface area contributed by atoms with Crippen LogP contribution in [0.2, 0.25) is 0 Å². The molecule has 0 bridgehead atoms. The van der Waals surface area contributed by atoms with Crippen molar-refractivity contribution in [1.82, 2.24) is 5.32 Å². The highest BCUT2D eigenvalue weighted by Crippen LogP contribution is 2.41. The van der Waals surface area contributed by atoms with Gasteiger partial charge in [-0.1, -0.05) is 59.8 Å². The second kappa shape index (κ2) is 8.11. The molecule has 0 radical (unpaired) electrons. The number of aryl methyl sites for hydroxylation is 1. The Hall–Kier alpha value is -3.04. The number of benzene rings is 2. The normalized spacial score (nSPS) is 18.2. The van der Waals surface area contributed by atoms with Crippen molar-refractivity contribution in [3.05, 3.63) is 76.3 Å². The minimum absolute atomic E-state index is 0.0499. The Bertz CT molecular complexity index is 930. The maximum absolute atomic E-state index is 13.1. The fourth-order valence-corrected chi connectivity index (χ4v) is 4.17. The van der Waals surface area contributed by atoms with Gasteiger partial charge in [-0.2, -0.15) is 5.26 Å². The van der Waals surface area contributed by atoms with Crippen molar-refractivity contribution in [2.75, 3.05) is 11.9 Å². The molecule has 0 spiro atoms. The molecule has 2 aromatic carbocycles. The predicted molar refractivity (Wildman–Crippen MR) is 107 cm³/mol. The van der Waals surface area contributed by atoms with Crippen molar-refractivity contribution in [3.8, 4) is 6.07 Å². The number of nitrogens with zero attached hydrogens (tertiary/aromatic N) is 2. The van der Waals surface area contributed by atoms with Crippen LogP contribution < -0.4 is 10.2 Å². The average molecular weight is 377 g/mol. The molecule has 1 heterocycles. The van der Waals surface area contributed by atoms with E-state index in [1.54, 1.807) is 12.1 Å². The molecule has 1 aliphatic rings. The number of nitriles is 1. The molecule has 1 saturated heterocycles. The Morgan fingerprint density at radius 1 is 1.19 bits per heavy atom. The predicted octanol–water partition coefficient (Wildman–Crippen LogP) is 3.17. The van der Waals surface area contributed by atoms with E-state index in [9.17, 15) is 14.9 Å². The van der Waals surface area contributed by atoms with Crippen molar-refractivity contribution in [2.45, 2.75) is 18.6 Å². The minimum atomic E-state index is -0.496. The van der Waals surface area contributed by atoms with Gasteiger partial charge in [0.25, 0.3) is 5.91 Å². The van der Waals surface area contributed by atoms with Crippen LogP contribution in [0, 0.1) is 18.3 Å². The number of para-hydroxylation sites is 1. The van der Waals surface area contributed by atoms with E-state index in [2.05, 4.69) is 5.32 Å². The monoisotopic (exact) mass is 377 g/mol. The Labute approximate surface area is 162 Å². The summed E-state index contributed by atoms with van der Waals surface area (Å²) in [6.45, 7) is 2.01. The van der Waals surface area contributed by atoms with Crippen molar-refractivity contribution < 1.29 is 9.59 Å². The lowest BCUT2D eigenvalue weighted by Gasteiger charge is -2.18. The van der Waals surface area contributed by atoms with Crippen LogP contribution in [0.15, 0.2) is 65.2 Å². The van der Waals surface area contributed by atoms with Crippen molar-refractivity contribution >= 4 is 29.3 Å². The minimum Gasteiger partial charge on any atom is -0.354 e. The first kappa shape index (κ1) is 18.7. The third-order valence-electron chi connectivity index (χ3n) is 4.29. The summed E-state index contributed by atoms with van der Waals surface area (Å²) in [5.74, 6) is -0.622. The van der Waals surface area contributed by atoms with Gasteiger partial charge in [-0.3, -0.25) is 14.5 Å². The molecule has 3 rings (SSSR count). The second-order valence-electron chi connectivity index (χ2n) is 6.18. The highest BCUT2D eigenvalue weighted by Gasteiger charge is 2.40. The molecule has 0 aliphatic carbocycles. The van der Waals surface area contributed by atoms with E-state index in [0.29, 0.717) is 17.1 Å². The Balaban J connectivity index is 2.02. The maximum Gasteiger partial charge on any atom is 0.264 e. The summed E-state index contributed by atoms with van der Waals surface area (Å²) < 4.78 is 0.